The van der Waals surface area contributed by atoms with E-state index in [1.165, 1.54) is 43.6 Å². The number of hydrogen-bond acceptors (Lipinski definition) is 4. The van der Waals surface area contributed by atoms with Crippen molar-refractivity contribution in [2.75, 3.05) is 19.6 Å². The molecule has 6 nitrogen and oxygen atoms in total. The van der Waals surface area contributed by atoms with Gasteiger partial charge in [0.25, 0.3) is 0 Å². The molecule has 0 bridgehead atoms. The summed E-state index contributed by atoms with van der Waals surface area (Å²) < 4.78 is 13.5. The summed E-state index contributed by atoms with van der Waals surface area (Å²) in [6.07, 6.45) is 10.5. The zero-order valence-electron chi connectivity index (χ0n) is 21.6. The second kappa shape index (κ2) is 10.1. The Kier molecular flexibility index (Phi) is 6.13. The average Bonchev–Trinajstić information content (AvgIpc) is 3.73. The van der Waals surface area contributed by atoms with Gasteiger partial charge < -0.3 is 9.88 Å². The normalized spacial score (nSPS) is 14.1. The van der Waals surface area contributed by atoms with Crippen LogP contribution < -0.4 is 0 Å². The molecule has 0 aliphatic carbocycles. The second-order valence-electron chi connectivity index (χ2n) is 10.4. The van der Waals surface area contributed by atoms with E-state index in [0.717, 1.165) is 75.0 Å². The minimum Gasteiger partial charge on any atom is -0.353 e. The van der Waals surface area contributed by atoms with Crippen molar-refractivity contribution in [3.8, 4) is 33.8 Å². The molecule has 0 atom stereocenters. The molecule has 0 amide bonds. The van der Waals surface area contributed by atoms with Crippen LogP contribution in [-0.2, 0) is 6.42 Å². The predicted octanol–water partition coefficient (Wildman–Crippen LogP) is 7.00. The Balaban J connectivity index is 1.20. The number of aryl methyl sites for hydroxylation is 1. The number of nitrogens with zero attached hydrogens (tertiary/aromatic N) is 4. The molecule has 39 heavy (non-hydrogen) atoms. The van der Waals surface area contributed by atoms with E-state index >= 15 is 0 Å². The topological polar surface area (TPSA) is 73.5 Å². The molecule has 1 aliphatic rings. The number of likely N-dealkylation sites (tertiary alicyclic amines) is 1. The van der Waals surface area contributed by atoms with Crippen LogP contribution in [0.25, 0.3) is 55.6 Å². The molecule has 2 aromatic carbocycles. The van der Waals surface area contributed by atoms with Crippen LogP contribution in [-0.4, -0.2) is 49.7 Å². The van der Waals surface area contributed by atoms with E-state index < -0.39 is 0 Å². The Morgan fingerprint density at radius 1 is 0.846 bits per heavy atom. The molecule has 7 rings (SSSR count). The SMILES string of the molecule is Fc1ccc(-c2cccc3[nH]c(-c4n[nH]c5cnc(-c6cncc(CCCN7CCCC7)c6)cc45)cc23)cc1. The number of pyridine rings is 2. The first-order valence-corrected chi connectivity index (χ1v) is 13.6. The zero-order valence-corrected chi connectivity index (χ0v) is 21.6. The van der Waals surface area contributed by atoms with Crippen molar-refractivity contribution in [1.82, 2.24) is 30.0 Å². The van der Waals surface area contributed by atoms with E-state index in [-0.39, 0.29) is 5.82 Å². The number of aromatic nitrogens is 5. The number of H-pyrrole nitrogens is 2. The van der Waals surface area contributed by atoms with E-state index in [9.17, 15) is 4.39 Å². The molecular weight excluding hydrogens is 487 g/mol. The third kappa shape index (κ3) is 4.70. The molecule has 194 valence electrons. The third-order valence-electron chi connectivity index (χ3n) is 7.75. The van der Waals surface area contributed by atoms with Gasteiger partial charge >= 0.3 is 0 Å². The summed E-state index contributed by atoms with van der Waals surface area (Å²) in [6, 6.07) is 19.2. The summed E-state index contributed by atoms with van der Waals surface area (Å²) in [5.74, 6) is -0.240. The smallest absolute Gasteiger partial charge is 0.123 e. The fraction of sp³-hybridized carbons (Fsp3) is 0.219. The standard InChI is InChI=1S/C32H29FN6/c33-24-10-8-22(9-11-24)25-6-3-7-28-26(25)16-30(36-28)32-27-17-29(35-20-31(27)37-38-32)23-15-21(18-34-19-23)5-4-14-39-12-1-2-13-39/h3,6-11,15-20,36H,1-2,4-5,12-14H2,(H,37,38). The number of rotatable bonds is 7. The fourth-order valence-electron chi connectivity index (χ4n) is 5.72. The summed E-state index contributed by atoms with van der Waals surface area (Å²) >= 11 is 0. The number of hydrogen-bond donors (Lipinski definition) is 2. The average molecular weight is 517 g/mol. The lowest BCUT2D eigenvalue weighted by atomic mass is 10.0. The van der Waals surface area contributed by atoms with Gasteiger partial charge in [-0.2, -0.15) is 5.10 Å². The number of aromatic amines is 2. The van der Waals surface area contributed by atoms with Crippen LogP contribution in [0.3, 0.4) is 0 Å². The Bertz CT molecular complexity index is 1760. The zero-order chi connectivity index (χ0) is 26.2. The maximum absolute atomic E-state index is 13.5. The van der Waals surface area contributed by atoms with Gasteiger partial charge in [-0.25, -0.2) is 4.39 Å². The quantitative estimate of drug-likeness (QED) is 0.240. The first-order chi connectivity index (χ1) is 19.2. The van der Waals surface area contributed by atoms with Gasteiger partial charge in [0.15, 0.2) is 0 Å². The van der Waals surface area contributed by atoms with Crippen LogP contribution in [0, 0.1) is 5.82 Å². The summed E-state index contributed by atoms with van der Waals surface area (Å²) in [7, 11) is 0. The van der Waals surface area contributed by atoms with Gasteiger partial charge in [-0.1, -0.05) is 24.3 Å². The van der Waals surface area contributed by atoms with Gasteiger partial charge in [0.2, 0.25) is 0 Å². The largest absolute Gasteiger partial charge is 0.353 e. The van der Waals surface area contributed by atoms with Crippen LogP contribution in [0.15, 0.2) is 79.3 Å². The molecular formula is C32H29FN6. The summed E-state index contributed by atoms with van der Waals surface area (Å²) in [4.78, 5) is 15.3. The van der Waals surface area contributed by atoms with Gasteiger partial charge in [-0.3, -0.25) is 15.1 Å². The maximum atomic E-state index is 13.5. The van der Waals surface area contributed by atoms with Crippen molar-refractivity contribution in [2.45, 2.75) is 25.7 Å². The third-order valence-corrected chi connectivity index (χ3v) is 7.75. The molecule has 6 aromatic rings. The molecule has 2 N–H and O–H groups in total. The Morgan fingerprint density at radius 3 is 2.59 bits per heavy atom. The van der Waals surface area contributed by atoms with Crippen molar-refractivity contribution < 1.29 is 4.39 Å². The fourth-order valence-corrected chi connectivity index (χ4v) is 5.72. The van der Waals surface area contributed by atoms with Gasteiger partial charge in [-0.05, 0) is 98.4 Å². The molecule has 4 aromatic heterocycles. The maximum Gasteiger partial charge on any atom is 0.123 e. The highest BCUT2D eigenvalue weighted by molar-refractivity contribution is 6.01. The Labute approximate surface area is 225 Å². The minimum atomic E-state index is -0.240. The highest BCUT2D eigenvalue weighted by Crippen LogP contribution is 2.35. The van der Waals surface area contributed by atoms with Crippen molar-refractivity contribution in [3.63, 3.8) is 0 Å². The van der Waals surface area contributed by atoms with Crippen molar-refractivity contribution in [3.05, 3.63) is 90.6 Å². The molecule has 0 saturated carbocycles. The highest BCUT2D eigenvalue weighted by atomic mass is 19.1. The summed E-state index contributed by atoms with van der Waals surface area (Å²) in [5.41, 5.74) is 8.78. The summed E-state index contributed by atoms with van der Waals surface area (Å²) in [6.45, 7) is 3.62. The lowest BCUT2D eigenvalue weighted by Gasteiger charge is -2.14. The number of nitrogens with one attached hydrogen (secondary N) is 2. The van der Waals surface area contributed by atoms with Gasteiger partial charge in [0.05, 0.1) is 23.1 Å². The minimum absolute atomic E-state index is 0.240. The molecule has 1 saturated heterocycles. The van der Waals surface area contributed by atoms with Crippen LogP contribution in [0.2, 0.25) is 0 Å². The van der Waals surface area contributed by atoms with E-state index in [1.54, 1.807) is 0 Å². The lowest BCUT2D eigenvalue weighted by Crippen LogP contribution is -2.20. The second-order valence-corrected chi connectivity index (χ2v) is 10.4. The number of halogens is 1. The molecule has 1 aliphatic heterocycles. The van der Waals surface area contributed by atoms with Crippen LogP contribution >= 0.6 is 0 Å². The van der Waals surface area contributed by atoms with Crippen LogP contribution in [0.1, 0.15) is 24.8 Å². The molecule has 0 unspecified atom stereocenters. The van der Waals surface area contributed by atoms with E-state index in [0.29, 0.717) is 0 Å². The van der Waals surface area contributed by atoms with E-state index in [1.807, 2.05) is 36.8 Å². The molecule has 1 fully saturated rings. The number of fused-ring (bicyclic) bond motifs is 2. The van der Waals surface area contributed by atoms with Crippen LogP contribution in [0.4, 0.5) is 4.39 Å². The first kappa shape index (κ1) is 23.7. The van der Waals surface area contributed by atoms with E-state index in [2.05, 4.69) is 55.4 Å². The van der Waals surface area contributed by atoms with Crippen molar-refractivity contribution in [1.29, 1.82) is 0 Å². The van der Waals surface area contributed by atoms with Gasteiger partial charge in [0.1, 0.15) is 11.5 Å². The van der Waals surface area contributed by atoms with E-state index in [4.69, 9.17) is 4.98 Å². The molecule has 0 radical (unpaired) electrons. The Morgan fingerprint density at radius 2 is 1.72 bits per heavy atom. The number of benzene rings is 2. The molecule has 0 spiro atoms. The highest BCUT2D eigenvalue weighted by Gasteiger charge is 2.15. The van der Waals surface area contributed by atoms with Crippen molar-refractivity contribution >= 4 is 21.8 Å². The van der Waals surface area contributed by atoms with Crippen LogP contribution in [0.5, 0.6) is 0 Å². The molecule has 7 heteroatoms. The summed E-state index contributed by atoms with van der Waals surface area (Å²) in [5, 5.41) is 9.83. The first-order valence-electron chi connectivity index (χ1n) is 13.6. The van der Waals surface area contributed by atoms with Crippen molar-refractivity contribution in [2.24, 2.45) is 0 Å². The predicted molar refractivity (Wildman–Crippen MR) is 154 cm³/mol. The van der Waals surface area contributed by atoms with Gasteiger partial charge in [0, 0.05) is 34.2 Å². The monoisotopic (exact) mass is 516 g/mol. The lowest BCUT2D eigenvalue weighted by molar-refractivity contribution is 0.334. The van der Waals surface area contributed by atoms with Gasteiger partial charge in [-0.15, -0.1) is 0 Å². The Hall–Kier alpha value is -4.36. The molecule has 5 heterocycles.